The monoisotopic (exact) mass is 287 g/mol. The van der Waals surface area contributed by atoms with Crippen LogP contribution in [-0.4, -0.2) is 13.0 Å². The standard InChI is InChI=1S/C12H6BrN3O/c1-16-10-3-2-8(13)4-9(10)11(12(16)17)7(5-14)6-15/h2-4H,1H3. The predicted octanol–water partition coefficient (Wildman–Crippen LogP) is 2.23. The molecule has 17 heavy (non-hydrogen) atoms. The molecule has 0 fully saturated rings. The summed E-state index contributed by atoms with van der Waals surface area (Å²) in [4.78, 5) is 13.4. The summed E-state index contributed by atoms with van der Waals surface area (Å²) in [7, 11) is 1.62. The Balaban J connectivity index is 2.81. The predicted molar refractivity (Wildman–Crippen MR) is 65.7 cm³/mol. The van der Waals surface area contributed by atoms with Gasteiger partial charge < -0.3 is 4.90 Å². The fourth-order valence-electron chi connectivity index (χ4n) is 1.77. The van der Waals surface area contributed by atoms with Crippen LogP contribution in [0.1, 0.15) is 5.56 Å². The van der Waals surface area contributed by atoms with Crippen molar-refractivity contribution in [3.05, 3.63) is 33.8 Å². The summed E-state index contributed by atoms with van der Waals surface area (Å²) in [5.41, 5.74) is 1.34. The Morgan fingerprint density at radius 2 is 2.00 bits per heavy atom. The molecule has 4 nitrogen and oxygen atoms in total. The molecule has 1 aromatic carbocycles. The number of benzene rings is 1. The molecule has 0 unspecified atom stereocenters. The van der Waals surface area contributed by atoms with E-state index in [9.17, 15) is 4.79 Å². The van der Waals surface area contributed by atoms with E-state index in [2.05, 4.69) is 15.9 Å². The van der Waals surface area contributed by atoms with Gasteiger partial charge in [0.1, 0.15) is 17.7 Å². The van der Waals surface area contributed by atoms with E-state index in [1.54, 1.807) is 31.3 Å². The maximum absolute atomic E-state index is 12.0. The van der Waals surface area contributed by atoms with Crippen molar-refractivity contribution >= 4 is 33.1 Å². The zero-order valence-corrected chi connectivity index (χ0v) is 10.4. The van der Waals surface area contributed by atoms with Crippen LogP contribution in [0.5, 0.6) is 0 Å². The molecule has 0 N–H and O–H groups in total. The lowest BCUT2D eigenvalue weighted by Gasteiger charge is -2.08. The number of amides is 1. The zero-order valence-electron chi connectivity index (χ0n) is 8.86. The quantitative estimate of drug-likeness (QED) is 0.543. The molecule has 0 aliphatic carbocycles. The molecule has 0 saturated heterocycles. The lowest BCUT2D eigenvalue weighted by atomic mass is 10.0. The summed E-state index contributed by atoms with van der Waals surface area (Å²) in [5, 5.41) is 17.7. The molecule has 1 aromatic rings. The van der Waals surface area contributed by atoms with Crippen LogP contribution in [0, 0.1) is 22.7 Å². The van der Waals surface area contributed by atoms with E-state index in [1.165, 1.54) is 4.90 Å². The van der Waals surface area contributed by atoms with Crippen molar-refractivity contribution in [1.82, 2.24) is 0 Å². The molecule has 2 rings (SSSR count). The minimum Gasteiger partial charge on any atom is -0.311 e. The molecule has 0 saturated carbocycles. The van der Waals surface area contributed by atoms with Gasteiger partial charge in [-0.3, -0.25) is 4.79 Å². The van der Waals surface area contributed by atoms with E-state index in [0.717, 1.165) is 4.47 Å². The Morgan fingerprint density at radius 3 is 2.59 bits per heavy atom. The van der Waals surface area contributed by atoms with Crippen molar-refractivity contribution in [3.63, 3.8) is 0 Å². The number of allylic oxidation sites excluding steroid dienone is 1. The third-order valence-electron chi connectivity index (χ3n) is 2.58. The van der Waals surface area contributed by atoms with Crippen LogP contribution in [0.25, 0.3) is 5.57 Å². The van der Waals surface area contributed by atoms with Crippen LogP contribution < -0.4 is 4.90 Å². The Hall–Kier alpha value is -2.11. The van der Waals surface area contributed by atoms with Crippen molar-refractivity contribution < 1.29 is 4.79 Å². The summed E-state index contributed by atoms with van der Waals surface area (Å²) in [6, 6.07) is 8.84. The maximum atomic E-state index is 12.0. The molecule has 1 aliphatic rings. The molecule has 5 heteroatoms. The third-order valence-corrected chi connectivity index (χ3v) is 3.07. The molecular weight excluding hydrogens is 282 g/mol. The molecule has 82 valence electrons. The fourth-order valence-corrected chi connectivity index (χ4v) is 2.13. The summed E-state index contributed by atoms with van der Waals surface area (Å²) in [6.07, 6.45) is 0. The number of nitriles is 2. The second-order valence-corrected chi connectivity index (χ2v) is 4.41. The van der Waals surface area contributed by atoms with E-state index in [-0.39, 0.29) is 17.1 Å². The molecule has 0 radical (unpaired) electrons. The van der Waals surface area contributed by atoms with E-state index < -0.39 is 0 Å². The Kier molecular flexibility index (Phi) is 2.71. The number of hydrogen-bond donors (Lipinski definition) is 0. The van der Waals surface area contributed by atoms with E-state index in [0.29, 0.717) is 11.3 Å². The number of nitrogens with zero attached hydrogens (tertiary/aromatic N) is 3. The number of anilines is 1. The lowest BCUT2D eigenvalue weighted by Crippen LogP contribution is -2.20. The fraction of sp³-hybridized carbons (Fsp3) is 0.0833. The number of carbonyl (C=O) groups is 1. The highest BCUT2D eigenvalue weighted by Crippen LogP contribution is 2.38. The highest BCUT2D eigenvalue weighted by Gasteiger charge is 2.32. The number of likely N-dealkylation sites (N-methyl/N-ethyl adjacent to an activating group) is 1. The van der Waals surface area contributed by atoms with Gasteiger partial charge in [0.15, 0.2) is 0 Å². The summed E-state index contributed by atoms with van der Waals surface area (Å²) < 4.78 is 0.798. The summed E-state index contributed by atoms with van der Waals surface area (Å²) in [5.74, 6) is -0.323. The molecule has 0 spiro atoms. The van der Waals surface area contributed by atoms with Gasteiger partial charge in [0.05, 0.1) is 11.3 Å². The van der Waals surface area contributed by atoms with Crippen LogP contribution in [0.4, 0.5) is 5.69 Å². The Bertz CT molecular complexity index is 618. The minimum absolute atomic E-state index is 0.154. The molecule has 1 heterocycles. The summed E-state index contributed by atoms with van der Waals surface area (Å²) >= 11 is 3.31. The molecule has 0 bridgehead atoms. The Morgan fingerprint density at radius 1 is 1.35 bits per heavy atom. The van der Waals surface area contributed by atoms with Gasteiger partial charge in [0.25, 0.3) is 5.91 Å². The van der Waals surface area contributed by atoms with Crippen molar-refractivity contribution in [2.45, 2.75) is 0 Å². The molecule has 1 amide bonds. The van der Waals surface area contributed by atoms with E-state index in [4.69, 9.17) is 10.5 Å². The first kappa shape index (κ1) is 11.4. The van der Waals surface area contributed by atoms with Crippen molar-refractivity contribution in [1.29, 1.82) is 10.5 Å². The van der Waals surface area contributed by atoms with Gasteiger partial charge in [-0.1, -0.05) is 15.9 Å². The van der Waals surface area contributed by atoms with Crippen LogP contribution in [-0.2, 0) is 4.79 Å². The zero-order chi connectivity index (χ0) is 12.6. The average Bonchev–Trinajstić information content (AvgIpc) is 2.56. The molecular formula is C12H6BrN3O. The first-order valence-corrected chi connectivity index (χ1v) is 5.52. The first-order chi connectivity index (χ1) is 8.10. The van der Waals surface area contributed by atoms with Crippen molar-refractivity contribution in [2.24, 2.45) is 0 Å². The minimum atomic E-state index is -0.323. The van der Waals surface area contributed by atoms with Crippen LogP contribution in [0.3, 0.4) is 0 Å². The van der Waals surface area contributed by atoms with Crippen molar-refractivity contribution in [2.75, 3.05) is 11.9 Å². The topological polar surface area (TPSA) is 67.9 Å². The van der Waals surface area contributed by atoms with Gasteiger partial charge in [-0.2, -0.15) is 10.5 Å². The van der Waals surface area contributed by atoms with E-state index in [1.807, 2.05) is 6.07 Å². The van der Waals surface area contributed by atoms with Gasteiger partial charge in [0.2, 0.25) is 0 Å². The van der Waals surface area contributed by atoms with Gasteiger partial charge in [-0.15, -0.1) is 0 Å². The lowest BCUT2D eigenvalue weighted by molar-refractivity contribution is -0.112. The van der Waals surface area contributed by atoms with Crippen LogP contribution in [0.2, 0.25) is 0 Å². The van der Waals surface area contributed by atoms with Gasteiger partial charge >= 0.3 is 0 Å². The van der Waals surface area contributed by atoms with Crippen LogP contribution >= 0.6 is 15.9 Å². The number of fused-ring (bicyclic) bond motifs is 1. The highest BCUT2D eigenvalue weighted by molar-refractivity contribution is 9.10. The van der Waals surface area contributed by atoms with Gasteiger partial charge in [0, 0.05) is 17.1 Å². The summed E-state index contributed by atoms with van der Waals surface area (Å²) in [6.45, 7) is 0. The molecule has 1 aliphatic heterocycles. The first-order valence-electron chi connectivity index (χ1n) is 4.72. The van der Waals surface area contributed by atoms with Gasteiger partial charge in [-0.05, 0) is 18.2 Å². The number of rotatable bonds is 0. The largest absolute Gasteiger partial charge is 0.311 e. The highest BCUT2D eigenvalue weighted by atomic mass is 79.9. The average molecular weight is 288 g/mol. The second kappa shape index (κ2) is 4.04. The smallest absolute Gasteiger partial charge is 0.260 e. The third kappa shape index (κ3) is 1.61. The van der Waals surface area contributed by atoms with Crippen molar-refractivity contribution in [3.8, 4) is 12.1 Å². The Labute approximate surface area is 106 Å². The number of halogens is 1. The normalized spacial score (nSPS) is 13.1. The number of hydrogen-bond acceptors (Lipinski definition) is 3. The maximum Gasteiger partial charge on any atom is 0.260 e. The van der Waals surface area contributed by atoms with E-state index >= 15 is 0 Å². The SMILES string of the molecule is CN1C(=O)C(=C(C#N)C#N)c2cc(Br)ccc21. The van der Waals surface area contributed by atoms with Gasteiger partial charge in [-0.25, -0.2) is 0 Å². The second-order valence-electron chi connectivity index (χ2n) is 3.50. The van der Waals surface area contributed by atoms with Crippen LogP contribution in [0.15, 0.2) is 28.2 Å². The molecule has 0 aromatic heterocycles. The number of carbonyl (C=O) groups excluding carboxylic acids is 1. The molecule has 0 atom stereocenters.